The van der Waals surface area contributed by atoms with E-state index < -0.39 is 0 Å². The number of phenolic OH excluding ortho intramolecular Hbond substituents is 2. The van der Waals surface area contributed by atoms with Crippen molar-refractivity contribution in [2.45, 2.75) is 0 Å². The highest BCUT2D eigenvalue weighted by atomic mass is 16.5. The Hall–Kier alpha value is -2.36. The van der Waals surface area contributed by atoms with Crippen LogP contribution in [-0.4, -0.2) is 24.4 Å². The third-order valence-corrected chi connectivity index (χ3v) is 2.62. The molecule has 0 aromatic heterocycles. The summed E-state index contributed by atoms with van der Waals surface area (Å²) in [5, 5.41) is 19.0. The van der Waals surface area contributed by atoms with Crippen molar-refractivity contribution in [3.63, 3.8) is 0 Å². The topological polar surface area (TPSA) is 58.9 Å². The number of hydrogen-bond donors (Lipinski definition) is 2. The van der Waals surface area contributed by atoms with E-state index in [1.165, 1.54) is 6.07 Å². The summed E-state index contributed by atoms with van der Waals surface area (Å²) in [4.78, 5) is 0. The molecule has 2 N–H and O–H groups in total. The molecule has 0 bridgehead atoms. The summed E-state index contributed by atoms with van der Waals surface area (Å²) in [5.74, 6) is 1.30. The van der Waals surface area contributed by atoms with Crippen LogP contribution in [0.1, 0.15) is 0 Å². The highest BCUT2D eigenvalue weighted by Gasteiger charge is 2.09. The van der Waals surface area contributed by atoms with E-state index in [0.29, 0.717) is 17.1 Å². The van der Waals surface area contributed by atoms with Gasteiger partial charge in [-0.05, 0) is 35.9 Å². The summed E-state index contributed by atoms with van der Waals surface area (Å²) in [6, 6.07) is 9.72. The van der Waals surface area contributed by atoms with Gasteiger partial charge in [0.05, 0.1) is 14.2 Å². The lowest BCUT2D eigenvalue weighted by molar-refractivity contribution is 0.404. The molecule has 4 nitrogen and oxygen atoms in total. The molecular weight excluding hydrogens is 232 g/mol. The highest BCUT2D eigenvalue weighted by Crippen LogP contribution is 2.36. The standard InChI is InChI=1S/C14H14O4/c1-17-12-3-4-14(18-2)13(8-12)9-5-10(15)7-11(16)6-9/h3-8,15-16H,1-2H3. The minimum atomic E-state index is -0.00475. The Balaban J connectivity index is 2.60. The van der Waals surface area contributed by atoms with E-state index in [0.717, 1.165) is 5.56 Å². The van der Waals surface area contributed by atoms with Crippen molar-refractivity contribution in [3.05, 3.63) is 36.4 Å². The summed E-state index contributed by atoms with van der Waals surface area (Å²) in [5.41, 5.74) is 1.39. The maximum atomic E-state index is 9.51. The second-order valence-corrected chi connectivity index (χ2v) is 3.80. The molecule has 4 heteroatoms. The maximum Gasteiger partial charge on any atom is 0.126 e. The molecule has 2 rings (SSSR count). The van der Waals surface area contributed by atoms with Crippen LogP contribution in [0.3, 0.4) is 0 Å². The Bertz CT molecular complexity index is 543. The lowest BCUT2D eigenvalue weighted by Crippen LogP contribution is -1.90. The SMILES string of the molecule is COc1ccc(OC)c(-c2cc(O)cc(O)c2)c1. The zero-order valence-corrected chi connectivity index (χ0v) is 10.2. The number of phenols is 2. The van der Waals surface area contributed by atoms with E-state index in [1.54, 1.807) is 44.6 Å². The first-order valence-corrected chi connectivity index (χ1v) is 5.39. The molecule has 0 heterocycles. The number of methoxy groups -OCH3 is 2. The van der Waals surface area contributed by atoms with Crippen molar-refractivity contribution in [1.82, 2.24) is 0 Å². The fraction of sp³-hybridized carbons (Fsp3) is 0.143. The third-order valence-electron chi connectivity index (χ3n) is 2.62. The van der Waals surface area contributed by atoms with Crippen molar-refractivity contribution in [1.29, 1.82) is 0 Å². The van der Waals surface area contributed by atoms with Gasteiger partial charge in [-0.1, -0.05) is 0 Å². The number of rotatable bonds is 3. The van der Waals surface area contributed by atoms with E-state index in [4.69, 9.17) is 9.47 Å². The minimum Gasteiger partial charge on any atom is -0.508 e. The second-order valence-electron chi connectivity index (χ2n) is 3.80. The molecule has 0 unspecified atom stereocenters. The van der Waals surface area contributed by atoms with Crippen LogP contribution < -0.4 is 9.47 Å². The van der Waals surface area contributed by atoms with Crippen molar-refractivity contribution >= 4 is 0 Å². The predicted molar refractivity (Wildman–Crippen MR) is 68.3 cm³/mol. The average Bonchev–Trinajstić information content (AvgIpc) is 2.36. The Morgan fingerprint density at radius 1 is 0.833 bits per heavy atom. The molecule has 94 valence electrons. The number of benzene rings is 2. The van der Waals surface area contributed by atoms with Crippen molar-refractivity contribution in [2.75, 3.05) is 14.2 Å². The van der Waals surface area contributed by atoms with Crippen LogP contribution in [0, 0.1) is 0 Å². The fourth-order valence-corrected chi connectivity index (χ4v) is 1.79. The minimum absolute atomic E-state index is 0.00475. The van der Waals surface area contributed by atoms with Gasteiger partial charge in [0.1, 0.15) is 23.0 Å². The molecule has 0 aliphatic carbocycles. The van der Waals surface area contributed by atoms with Gasteiger partial charge in [-0.25, -0.2) is 0 Å². The average molecular weight is 246 g/mol. The van der Waals surface area contributed by atoms with Gasteiger partial charge in [0.25, 0.3) is 0 Å². The molecule has 0 saturated heterocycles. The summed E-state index contributed by atoms with van der Waals surface area (Å²) < 4.78 is 10.4. The Labute approximate surface area is 105 Å². The number of aromatic hydroxyl groups is 2. The van der Waals surface area contributed by atoms with Crippen molar-refractivity contribution < 1.29 is 19.7 Å². The molecule has 0 atom stereocenters. The van der Waals surface area contributed by atoms with E-state index in [-0.39, 0.29) is 11.5 Å². The van der Waals surface area contributed by atoms with Gasteiger partial charge in [-0.3, -0.25) is 0 Å². The van der Waals surface area contributed by atoms with Gasteiger partial charge < -0.3 is 19.7 Å². The van der Waals surface area contributed by atoms with Crippen LogP contribution in [-0.2, 0) is 0 Å². The van der Waals surface area contributed by atoms with Gasteiger partial charge in [0, 0.05) is 11.6 Å². The summed E-state index contributed by atoms with van der Waals surface area (Å²) in [7, 11) is 3.14. The number of hydrogen-bond acceptors (Lipinski definition) is 4. The molecular formula is C14H14O4. The molecule has 0 amide bonds. The van der Waals surface area contributed by atoms with Crippen LogP contribution in [0.15, 0.2) is 36.4 Å². The van der Waals surface area contributed by atoms with E-state index >= 15 is 0 Å². The largest absolute Gasteiger partial charge is 0.508 e. The molecule has 18 heavy (non-hydrogen) atoms. The zero-order valence-electron chi connectivity index (χ0n) is 10.2. The van der Waals surface area contributed by atoms with Crippen LogP contribution in [0.25, 0.3) is 11.1 Å². The van der Waals surface area contributed by atoms with E-state index in [2.05, 4.69) is 0 Å². The van der Waals surface area contributed by atoms with Crippen molar-refractivity contribution in [3.8, 4) is 34.1 Å². The molecule has 2 aromatic carbocycles. The lowest BCUT2D eigenvalue weighted by atomic mass is 10.0. The van der Waals surface area contributed by atoms with Crippen LogP contribution in [0.5, 0.6) is 23.0 Å². The summed E-state index contributed by atoms with van der Waals surface area (Å²) in [6.07, 6.45) is 0. The van der Waals surface area contributed by atoms with Crippen molar-refractivity contribution in [2.24, 2.45) is 0 Å². The predicted octanol–water partition coefficient (Wildman–Crippen LogP) is 2.78. The molecule has 0 aliphatic rings. The molecule has 0 fully saturated rings. The Morgan fingerprint density at radius 3 is 2.06 bits per heavy atom. The van der Waals surface area contributed by atoms with Crippen LogP contribution in [0.2, 0.25) is 0 Å². The second kappa shape index (κ2) is 4.87. The molecule has 0 spiro atoms. The van der Waals surface area contributed by atoms with Gasteiger partial charge in [-0.2, -0.15) is 0 Å². The third kappa shape index (κ3) is 2.32. The van der Waals surface area contributed by atoms with Crippen LogP contribution in [0.4, 0.5) is 0 Å². The molecule has 0 aliphatic heterocycles. The van der Waals surface area contributed by atoms with Gasteiger partial charge in [0.2, 0.25) is 0 Å². The monoisotopic (exact) mass is 246 g/mol. The smallest absolute Gasteiger partial charge is 0.126 e. The fourth-order valence-electron chi connectivity index (χ4n) is 1.79. The van der Waals surface area contributed by atoms with E-state index in [1.807, 2.05) is 0 Å². The quantitative estimate of drug-likeness (QED) is 0.874. The first-order valence-electron chi connectivity index (χ1n) is 5.39. The van der Waals surface area contributed by atoms with Gasteiger partial charge in [-0.15, -0.1) is 0 Å². The van der Waals surface area contributed by atoms with Gasteiger partial charge >= 0.3 is 0 Å². The molecule has 0 radical (unpaired) electrons. The van der Waals surface area contributed by atoms with Crippen LogP contribution >= 0.6 is 0 Å². The van der Waals surface area contributed by atoms with Gasteiger partial charge in [0.15, 0.2) is 0 Å². The number of ether oxygens (including phenoxy) is 2. The summed E-state index contributed by atoms with van der Waals surface area (Å²) in [6.45, 7) is 0. The molecule has 2 aromatic rings. The Kier molecular flexibility index (Phi) is 3.28. The molecule has 0 saturated carbocycles. The summed E-state index contributed by atoms with van der Waals surface area (Å²) >= 11 is 0. The first-order chi connectivity index (χ1) is 8.63. The van der Waals surface area contributed by atoms with E-state index in [9.17, 15) is 10.2 Å². The zero-order chi connectivity index (χ0) is 13.1. The maximum absolute atomic E-state index is 9.51. The lowest BCUT2D eigenvalue weighted by Gasteiger charge is -2.11. The normalized spacial score (nSPS) is 10.1. The first kappa shape index (κ1) is 12.1. The Morgan fingerprint density at radius 2 is 1.50 bits per heavy atom. The highest BCUT2D eigenvalue weighted by molar-refractivity contribution is 5.74.